The molecular weight excluding hydrogens is 444 g/mol. The van der Waals surface area contributed by atoms with Crippen LogP contribution >= 0.6 is 23.1 Å². The Morgan fingerprint density at radius 1 is 1.19 bits per heavy atom. The molecule has 0 saturated carbocycles. The van der Waals surface area contributed by atoms with Gasteiger partial charge in [0.2, 0.25) is 11.8 Å². The molecule has 164 valence electrons. The largest absolute Gasteiger partial charge is 0.495 e. The van der Waals surface area contributed by atoms with Gasteiger partial charge in [-0.15, -0.1) is 21.5 Å². The van der Waals surface area contributed by atoms with Crippen molar-refractivity contribution in [2.45, 2.75) is 30.7 Å². The average molecular weight is 467 g/mol. The van der Waals surface area contributed by atoms with Crippen molar-refractivity contribution in [1.29, 1.82) is 0 Å². The van der Waals surface area contributed by atoms with Crippen LogP contribution in [0.1, 0.15) is 33.0 Å². The van der Waals surface area contributed by atoms with Crippen LogP contribution in [0.2, 0.25) is 0 Å². The number of amides is 1. The van der Waals surface area contributed by atoms with Gasteiger partial charge >= 0.3 is 0 Å². The third kappa shape index (κ3) is 5.35. The minimum absolute atomic E-state index is 0.208. The van der Waals surface area contributed by atoms with Crippen LogP contribution in [0, 0.1) is 13.8 Å². The van der Waals surface area contributed by atoms with Crippen LogP contribution in [-0.2, 0) is 11.2 Å². The summed E-state index contributed by atoms with van der Waals surface area (Å²) in [5.74, 6) is 0.852. The Balaban J connectivity index is 1.55. The Labute approximate surface area is 194 Å². The van der Waals surface area contributed by atoms with E-state index in [1.165, 1.54) is 11.8 Å². The second-order valence-electron chi connectivity index (χ2n) is 7.10. The zero-order valence-electron chi connectivity index (χ0n) is 17.9. The van der Waals surface area contributed by atoms with E-state index in [9.17, 15) is 4.79 Å². The SMILES string of the molecule is COc1ccc(C)cc1NC(=O)[C@@H](Sc1nnc(Cc2csc(C)n2)o1)c1ccccc1. The van der Waals surface area contributed by atoms with E-state index >= 15 is 0 Å². The number of rotatable bonds is 8. The first kappa shape index (κ1) is 22.0. The molecular formula is C23H22N4O3S2. The molecule has 1 atom stereocenters. The molecule has 1 amide bonds. The summed E-state index contributed by atoms with van der Waals surface area (Å²) < 4.78 is 11.2. The summed E-state index contributed by atoms with van der Waals surface area (Å²) >= 11 is 2.79. The molecule has 32 heavy (non-hydrogen) atoms. The van der Waals surface area contributed by atoms with Gasteiger partial charge in [0.25, 0.3) is 5.22 Å². The Bertz CT molecular complexity index is 1210. The van der Waals surface area contributed by atoms with Gasteiger partial charge in [-0.3, -0.25) is 4.79 Å². The third-order valence-electron chi connectivity index (χ3n) is 4.62. The molecule has 7 nitrogen and oxygen atoms in total. The molecule has 4 rings (SSSR count). The van der Waals surface area contributed by atoms with E-state index in [4.69, 9.17) is 9.15 Å². The number of ether oxygens (including phenoxy) is 1. The minimum Gasteiger partial charge on any atom is -0.495 e. The number of carbonyl (C=O) groups is 1. The predicted octanol–water partition coefficient (Wildman–Crippen LogP) is 5.21. The first-order chi connectivity index (χ1) is 15.5. The van der Waals surface area contributed by atoms with Crippen molar-refractivity contribution >= 4 is 34.7 Å². The van der Waals surface area contributed by atoms with E-state index < -0.39 is 5.25 Å². The zero-order chi connectivity index (χ0) is 22.5. The topological polar surface area (TPSA) is 90.1 Å². The third-order valence-corrected chi connectivity index (χ3v) is 6.53. The van der Waals surface area contributed by atoms with Gasteiger partial charge in [0.15, 0.2) is 0 Å². The summed E-state index contributed by atoms with van der Waals surface area (Å²) in [6.07, 6.45) is 0.459. The zero-order valence-corrected chi connectivity index (χ0v) is 19.5. The van der Waals surface area contributed by atoms with E-state index in [1.807, 2.05) is 67.8 Å². The summed E-state index contributed by atoms with van der Waals surface area (Å²) in [7, 11) is 1.58. The number of hydrogen-bond acceptors (Lipinski definition) is 8. The Hall–Kier alpha value is -3.17. The van der Waals surface area contributed by atoms with Crippen LogP contribution in [0.15, 0.2) is 63.6 Å². The van der Waals surface area contributed by atoms with Crippen LogP contribution in [0.5, 0.6) is 5.75 Å². The van der Waals surface area contributed by atoms with Crippen LogP contribution in [0.4, 0.5) is 5.69 Å². The number of thioether (sulfide) groups is 1. The average Bonchev–Trinajstić information content (AvgIpc) is 3.41. The molecule has 0 aliphatic rings. The molecule has 9 heteroatoms. The maximum absolute atomic E-state index is 13.3. The number of anilines is 1. The fourth-order valence-corrected chi connectivity index (χ4v) is 4.63. The first-order valence-electron chi connectivity index (χ1n) is 9.92. The normalized spacial score (nSPS) is 11.8. The van der Waals surface area contributed by atoms with E-state index in [0.717, 1.165) is 21.8 Å². The molecule has 0 aliphatic heterocycles. The van der Waals surface area contributed by atoms with Gasteiger partial charge in [-0.05, 0) is 48.9 Å². The van der Waals surface area contributed by atoms with Crippen LogP contribution in [0.25, 0.3) is 0 Å². The number of hydrogen-bond donors (Lipinski definition) is 1. The lowest BCUT2D eigenvalue weighted by Gasteiger charge is -2.17. The van der Waals surface area contributed by atoms with Crippen molar-refractivity contribution in [1.82, 2.24) is 15.2 Å². The lowest BCUT2D eigenvalue weighted by Crippen LogP contribution is -2.19. The van der Waals surface area contributed by atoms with Crippen molar-refractivity contribution in [3.8, 4) is 5.75 Å². The number of aromatic nitrogens is 3. The van der Waals surface area contributed by atoms with E-state index in [0.29, 0.717) is 29.0 Å². The van der Waals surface area contributed by atoms with Crippen molar-refractivity contribution in [2.24, 2.45) is 0 Å². The van der Waals surface area contributed by atoms with Gasteiger partial charge in [0.1, 0.15) is 11.0 Å². The number of nitrogens with one attached hydrogen (secondary N) is 1. The fraction of sp³-hybridized carbons (Fsp3) is 0.217. The highest BCUT2D eigenvalue weighted by atomic mass is 32.2. The number of aryl methyl sites for hydroxylation is 2. The van der Waals surface area contributed by atoms with E-state index in [2.05, 4.69) is 20.5 Å². The smallest absolute Gasteiger partial charge is 0.277 e. The van der Waals surface area contributed by atoms with E-state index in [-0.39, 0.29) is 5.91 Å². The van der Waals surface area contributed by atoms with Gasteiger partial charge in [-0.2, -0.15) is 0 Å². The lowest BCUT2D eigenvalue weighted by atomic mass is 10.1. The Morgan fingerprint density at radius 3 is 2.72 bits per heavy atom. The number of carbonyl (C=O) groups excluding carboxylic acids is 1. The van der Waals surface area contributed by atoms with E-state index in [1.54, 1.807) is 18.4 Å². The highest BCUT2D eigenvalue weighted by molar-refractivity contribution is 8.00. The molecule has 0 spiro atoms. The molecule has 2 aromatic heterocycles. The molecule has 0 aliphatic carbocycles. The second-order valence-corrected chi connectivity index (χ2v) is 9.22. The highest BCUT2D eigenvalue weighted by Gasteiger charge is 2.26. The summed E-state index contributed by atoms with van der Waals surface area (Å²) in [6, 6.07) is 15.2. The standard InChI is InChI=1S/C23H22N4O3S2/c1-14-9-10-19(29-3)18(11-14)25-22(28)21(16-7-5-4-6-8-16)32-23-27-26-20(30-23)12-17-13-31-15(2)24-17/h4-11,13,21H,12H2,1-3H3,(H,25,28)/t21-/m0/s1. The number of methoxy groups -OCH3 is 1. The molecule has 4 aromatic rings. The quantitative estimate of drug-likeness (QED) is 0.356. The summed E-state index contributed by atoms with van der Waals surface area (Å²) in [5.41, 5.74) is 3.35. The molecule has 0 saturated heterocycles. The van der Waals surface area contributed by atoms with Crippen molar-refractivity contribution in [3.63, 3.8) is 0 Å². The van der Waals surface area contributed by atoms with Crippen molar-refractivity contribution in [2.75, 3.05) is 12.4 Å². The number of nitrogens with zero attached hydrogens (tertiary/aromatic N) is 3. The van der Waals surface area contributed by atoms with Crippen LogP contribution < -0.4 is 10.1 Å². The fourth-order valence-electron chi connectivity index (χ4n) is 3.12. The molecule has 0 bridgehead atoms. The monoisotopic (exact) mass is 466 g/mol. The summed E-state index contributed by atoms with van der Waals surface area (Å²) in [4.78, 5) is 17.7. The minimum atomic E-state index is -0.587. The maximum atomic E-state index is 13.3. The highest BCUT2D eigenvalue weighted by Crippen LogP contribution is 2.37. The van der Waals surface area contributed by atoms with Gasteiger partial charge < -0.3 is 14.5 Å². The van der Waals surface area contributed by atoms with Crippen LogP contribution in [0.3, 0.4) is 0 Å². The predicted molar refractivity (Wildman–Crippen MR) is 125 cm³/mol. The van der Waals surface area contributed by atoms with Gasteiger partial charge in [0.05, 0.1) is 29.9 Å². The molecule has 2 aromatic carbocycles. The molecule has 0 fully saturated rings. The summed E-state index contributed by atoms with van der Waals surface area (Å²) in [6.45, 7) is 3.91. The maximum Gasteiger partial charge on any atom is 0.277 e. The van der Waals surface area contributed by atoms with Crippen LogP contribution in [-0.4, -0.2) is 28.2 Å². The second kappa shape index (κ2) is 9.97. The molecule has 1 N–H and O–H groups in total. The lowest BCUT2D eigenvalue weighted by molar-refractivity contribution is -0.115. The molecule has 0 unspecified atom stereocenters. The Kier molecular flexibility index (Phi) is 6.87. The first-order valence-corrected chi connectivity index (χ1v) is 11.7. The van der Waals surface area contributed by atoms with Crippen molar-refractivity contribution < 1.29 is 13.9 Å². The Morgan fingerprint density at radius 2 is 2.00 bits per heavy atom. The van der Waals surface area contributed by atoms with Crippen molar-refractivity contribution in [3.05, 3.63) is 81.6 Å². The van der Waals surface area contributed by atoms with Gasteiger partial charge in [-0.25, -0.2) is 4.98 Å². The van der Waals surface area contributed by atoms with Gasteiger partial charge in [-0.1, -0.05) is 36.4 Å². The molecule has 0 radical (unpaired) electrons. The number of benzene rings is 2. The molecule has 2 heterocycles. The van der Waals surface area contributed by atoms with Gasteiger partial charge in [0, 0.05) is 5.38 Å². The summed E-state index contributed by atoms with van der Waals surface area (Å²) in [5, 5.41) is 14.0. The number of thiazole rings is 1.